The van der Waals surface area contributed by atoms with Crippen LogP contribution in [0.4, 0.5) is 5.69 Å². The minimum absolute atomic E-state index is 0.0228. The summed E-state index contributed by atoms with van der Waals surface area (Å²) in [7, 11) is 1.83. The predicted molar refractivity (Wildman–Crippen MR) is 102 cm³/mol. The van der Waals surface area contributed by atoms with E-state index in [4.69, 9.17) is 0 Å². The third-order valence-corrected chi connectivity index (χ3v) is 5.20. The third-order valence-electron chi connectivity index (χ3n) is 5.20. The van der Waals surface area contributed by atoms with E-state index in [2.05, 4.69) is 52.8 Å². The molecule has 4 heteroatoms. The van der Waals surface area contributed by atoms with Crippen molar-refractivity contribution < 1.29 is 4.79 Å². The maximum absolute atomic E-state index is 12.5. The molecule has 0 aliphatic carbocycles. The molecule has 4 nitrogen and oxygen atoms in total. The van der Waals surface area contributed by atoms with Crippen molar-refractivity contribution >= 4 is 17.2 Å². The van der Waals surface area contributed by atoms with Gasteiger partial charge in [-0.3, -0.25) is 9.69 Å². The number of anilines is 1. The van der Waals surface area contributed by atoms with Crippen LogP contribution >= 0.6 is 0 Å². The Bertz CT molecular complexity index is 855. The number of amides is 1. The summed E-state index contributed by atoms with van der Waals surface area (Å²) in [5.41, 5.74) is 7.84. The molecule has 0 saturated carbocycles. The van der Waals surface area contributed by atoms with Crippen molar-refractivity contribution in [2.24, 2.45) is 0 Å². The molecule has 0 unspecified atom stereocenters. The van der Waals surface area contributed by atoms with E-state index in [0.29, 0.717) is 5.57 Å². The molecule has 128 valence electrons. The lowest BCUT2D eigenvalue weighted by molar-refractivity contribution is -0.110. The number of fused-ring (bicyclic) bond motifs is 3. The number of nitrogens with zero attached hydrogens (tertiary/aromatic N) is 1. The molecule has 2 aliphatic rings. The molecular formula is C21H23N3O. The van der Waals surface area contributed by atoms with Crippen molar-refractivity contribution in [3.63, 3.8) is 0 Å². The van der Waals surface area contributed by atoms with Crippen LogP contribution in [0.1, 0.15) is 23.6 Å². The number of likely N-dealkylation sites (N-methyl/N-ethyl adjacent to an activating group) is 1. The molecule has 2 N–H and O–H groups in total. The molecule has 0 radical (unpaired) electrons. The van der Waals surface area contributed by atoms with Gasteiger partial charge in [-0.05, 0) is 41.3 Å². The highest BCUT2D eigenvalue weighted by Gasteiger charge is 2.32. The van der Waals surface area contributed by atoms with Gasteiger partial charge < -0.3 is 10.6 Å². The number of benzene rings is 2. The molecule has 2 heterocycles. The Balaban J connectivity index is 1.96. The smallest absolute Gasteiger partial charge is 0.257 e. The van der Waals surface area contributed by atoms with Gasteiger partial charge in [-0.25, -0.2) is 0 Å². The zero-order chi connectivity index (χ0) is 17.4. The standard InChI is InChI=1S/C21H23N3O/c1-3-24-10-9-15-16(14-7-5-4-6-8-14)11-17-18(12-22-2)21(25)23-20(17)19(15)13-24/h4-8,11-12,22H,3,9-10,13H2,1-2H3,(H,23,25)/b18-12-. The normalized spacial score (nSPS) is 18.0. The fraction of sp³-hybridized carbons (Fsp3) is 0.286. The summed E-state index contributed by atoms with van der Waals surface area (Å²) in [6.07, 6.45) is 2.81. The van der Waals surface area contributed by atoms with E-state index in [9.17, 15) is 4.79 Å². The number of carbonyl (C=O) groups is 1. The molecule has 0 saturated heterocycles. The van der Waals surface area contributed by atoms with Crippen LogP contribution in [0.25, 0.3) is 16.7 Å². The van der Waals surface area contributed by atoms with E-state index in [0.717, 1.165) is 37.3 Å². The summed E-state index contributed by atoms with van der Waals surface area (Å²) in [5, 5.41) is 6.12. The van der Waals surface area contributed by atoms with Crippen LogP contribution in [-0.4, -0.2) is 30.9 Å². The van der Waals surface area contributed by atoms with E-state index in [1.54, 1.807) is 6.20 Å². The van der Waals surface area contributed by atoms with Gasteiger partial charge in [0, 0.05) is 31.9 Å². The number of nitrogens with one attached hydrogen (secondary N) is 2. The van der Waals surface area contributed by atoms with Crippen LogP contribution in [0.3, 0.4) is 0 Å². The Morgan fingerprint density at radius 3 is 2.72 bits per heavy atom. The number of hydrogen-bond donors (Lipinski definition) is 2. The van der Waals surface area contributed by atoms with Gasteiger partial charge in [-0.1, -0.05) is 37.3 Å². The first-order valence-corrected chi connectivity index (χ1v) is 8.88. The second-order valence-electron chi connectivity index (χ2n) is 6.59. The van der Waals surface area contributed by atoms with Crippen LogP contribution in [-0.2, 0) is 17.8 Å². The Morgan fingerprint density at radius 1 is 1.20 bits per heavy atom. The van der Waals surface area contributed by atoms with Crippen molar-refractivity contribution in [3.8, 4) is 11.1 Å². The maximum Gasteiger partial charge on any atom is 0.257 e. The minimum Gasteiger partial charge on any atom is -0.393 e. The molecule has 1 amide bonds. The van der Waals surface area contributed by atoms with E-state index in [1.165, 1.54) is 22.3 Å². The molecule has 0 fully saturated rings. The molecule has 2 aromatic rings. The highest BCUT2D eigenvalue weighted by molar-refractivity contribution is 6.32. The van der Waals surface area contributed by atoms with Crippen molar-refractivity contribution in [2.75, 3.05) is 25.5 Å². The molecule has 0 aromatic heterocycles. The Hall–Kier alpha value is -2.59. The van der Waals surface area contributed by atoms with Gasteiger partial charge in [-0.2, -0.15) is 0 Å². The molecule has 0 spiro atoms. The third kappa shape index (κ3) is 2.63. The molecule has 2 aliphatic heterocycles. The van der Waals surface area contributed by atoms with Crippen LogP contribution in [0.2, 0.25) is 0 Å². The SMILES string of the molecule is CCN1CCc2c(-c3ccccc3)cc3c(c2C1)NC(=O)/C3=C\NC. The Kier molecular flexibility index (Phi) is 4.06. The molecule has 0 bridgehead atoms. The Labute approximate surface area is 148 Å². The lowest BCUT2D eigenvalue weighted by Crippen LogP contribution is -2.31. The van der Waals surface area contributed by atoms with E-state index >= 15 is 0 Å². The second kappa shape index (κ2) is 6.37. The van der Waals surface area contributed by atoms with Gasteiger partial charge in [0.05, 0.1) is 11.3 Å². The van der Waals surface area contributed by atoms with Crippen molar-refractivity contribution in [2.45, 2.75) is 19.9 Å². The van der Waals surface area contributed by atoms with E-state index < -0.39 is 0 Å². The summed E-state index contributed by atoms with van der Waals surface area (Å²) in [4.78, 5) is 14.9. The summed E-state index contributed by atoms with van der Waals surface area (Å²) in [6.45, 7) is 5.17. The lowest BCUT2D eigenvalue weighted by atomic mass is 9.86. The van der Waals surface area contributed by atoms with Crippen LogP contribution in [0.5, 0.6) is 0 Å². The van der Waals surface area contributed by atoms with Crippen LogP contribution in [0.15, 0.2) is 42.6 Å². The van der Waals surface area contributed by atoms with Gasteiger partial charge in [-0.15, -0.1) is 0 Å². The molecule has 2 aromatic carbocycles. The first-order chi connectivity index (χ1) is 12.2. The number of hydrogen-bond acceptors (Lipinski definition) is 3. The molecule has 0 atom stereocenters. The van der Waals surface area contributed by atoms with Gasteiger partial charge in [0.1, 0.15) is 0 Å². The first-order valence-electron chi connectivity index (χ1n) is 8.88. The fourth-order valence-corrected chi connectivity index (χ4v) is 3.90. The summed E-state index contributed by atoms with van der Waals surface area (Å²) in [6, 6.07) is 12.7. The average molecular weight is 333 g/mol. The monoisotopic (exact) mass is 333 g/mol. The lowest BCUT2D eigenvalue weighted by Gasteiger charge is -2.31. The molecule has 4 rings (SSSR count). The summed E-state index contributed by atoms with van der Waals surface area (Å²) < 4.78 is 0. The minimum atomic E-state index is -0.0228. The number of carbonyl (C=O) groups excluding carboxylic acids is 1. The van der Waals surface area contributed by atoms with Crippen molar-refractivity contribution in [1.29, 1.82) is 0 Å². The first kappa shape index (κ1) is 15.9. The maximum atomic E-state index is 12.5. The van der Waals surface area contributed by atoms with Gasteiger partial charge >= 0.3 is 0 Å². The highest BCUT2D eigenvalue weighted by atomic mass is 16.2. The van der Waals surface area contributed by atoms with Crippen LogP contribution < -0.4 is 10.6 Å². The molecular weight excluding hydrogens is 310 g/mol. The zero-order valence-corrected chi connectivity index (χ0v) is 14.7. The van der Waals surface area contributed by atoms with E-state index in [-0.39, 0.29) is 5.91 Å². The fourth-order valence-electron chi connectivity index (χ4n) is 3.90. The summed E-state index contributed by atoms with van der Waals surface area (Å²) in [5.74, 6) is -0.0228. The van der Waals surface area contributed by atoms with Crippen molar-refractivity contribution in [1.82, 2.24) is 10.2 Å². The largest absolute Gasteiger partial charge is 0.393 e. The zero-order valence-electron chi connectivity index (χ0n) is 14.7. The van der Waals surface area contributed by atoms with Crippen molar-refractivity contribution in [3.05, 3.63) is 59.3 Å². The van der Waals surface area contributed by atoms with Crippen LogP contribution in [0, 0.1) is 0 Å². The summed E-state index contributed by atoms with van der Waals surface area (Å²) >= 11 is 0. The van der Waals surface area contributed by atoms with E-state index in [1.807, 2.05) is 13.1 Å². The second-order valence-corrected chi connectivity index (χ2v) is 6.59. The predicted octanol–water partition coefficient (Wildman–Crippen LogP) is 3.24. The quantitative estimate of drug-likeness (QED) is 0.848. The van der Waals surface area contributed by atoms with Gasteiger partial charge in [0.15, 0.2) is 0 Å². The van der Waals surface area contributed by atoms with Gasteiger partial charge in [0.25, 0.3) is 5.91 Å². The average Bonchev–Trinajstić information content (AvgIpc) is 2.97. The highest BCUT2D eigenvalue weighted by Crippen LogP contribution is 2.43. The van der Waals surface area contributed by atoms with Gasteiger partial charge in [0.2, 0.25) is 0 Å². The molecule has 25 heavy (non-hydrogen) atoms. The number of rotatable bonds is 3. The Morgan fingerprint density at radius 2 is 2.00 bits per heavy atom. The topological polar surface area (TPSA) is 44.4 Å².